The minimum atomic E-state index is 0.233. The minimum Gasteiger partial charge on any atom is -0.382 e. The molecule has 0 heterocycles. The first kappa shape index (κ1) is 12.2. The van der Waals surface area contributed by atoms with E-state index in [4.69, 9.17) is 16.3 Å². The van der Waals surface area contributed by atoms with Gasteiger partial charge in [-0.25, -0.2) is 0 Å². The van der Waals surface area contributed by atoms with E-state index >= 15 is 0 Å². The molecular weight excluding hydrogens is 172 g/mol. The zero-order valence-electron chi connectivity index (χ0n) is 8.69. The highest BCUT2D eigenvalue weighted by Gasteiger charge is 2.26. The van der Waals surface area contributed by atoms with Crippen LogP contribution in [-0.4, -0.2) is 19.1 Å². The number of halogens is 1. The first-order valence-corrected chi connectivity index (χ1v) is 5.24. The van der Waals surface area contributed by atoms with Crippen molar-refractivity contribution in [1.29, 1.82) is 0 Å². The van der Waals surface area contributed by atoms with Gasteiger partial charge in [0.05, 0.1) is 0 Å². The topological polar surface area (TPSA) is 9.23 Å². The molecule has 0 N–H and O–H groups in total. The van der Waals surface area contributed by atoms with E-state index in [9.17, 15) is 0 Å². The molecule has 0 bridgehead atoms. The molecule has 12 heavy (non-hydrogen) atoms. The lowest BCUT2D eigenvalue weighted by atomic mass is 9.78. The molecule has 1 nitrogen and oxygen atoms in total. The van der Waals surface area contributed by atoms with Crippen LogP contribution in [0.1, 0.15) is 34.1 Å². The molecule has 1 atom stereocenters. The fourth-order valence-electron chi connectivity index (χ4n) is 0.959. The quantitative estimate of drug-likeness (QED) is 0.464. The molecule has 0 saturated carbocycles. The summed E-state index contributed by atoms with van der Waals surface area (Å²) in [6.45, 7) is 10.3. The van der Waals surface area contributed by atoms with Crippen molar-refractivity contribution < 1.29 is 4.74 Å². The largest absolute Gasteiger partial charge is 0.382 e. The van der Waals surface area contributed by atoms with Crippen molar-refractivity contribution in [2.75, 3.05) is 19.1 Å². The zero-order chi connectivity index (χ0) is 9.61. The molecule has 0 fully saturated rings. The molecule has 0 aromatic carbocycles. The molecule has 0 aliphatic heterocycles. The normalized spacial score (nSPS) is 16.5. The van der Waals surface area contributed by atoms with E-state index in [1.807, 2.05) is 6.92 Å². The number of ether oxygens (including phenoxy) is 1. The molecule has 1 unspecified atom stereocenters. The second-order valence-corrected chi connectivity index (χ2v) is 4.16. The lowest BCUT2D eigenvalue weighted by Crippen LogP contribution is -2.27. The molecule has 74 valence electrons. The summed E-state index contributed by atoms with van der Waals surface area (Å²) in [5.41, 5.74) is 0.233. The molecule has 0 aliphatic carbocycles. The Morgan fingerprint density at radius 1 is 1.42 bits per heavy atom. The second kappa shape index (κ2) is 5.82. The van der Waals surface area contributed by atoms with Gasteiger partial charge in [0.25, 0.3) is 0 Å². The van der Waals surface area contributed by atoms with Crippen molar-refractivity contribution in [3.8, 4) is 0 Å². The smallest absolute Gasteiger partial charge is 0.0471 e. The van der Waals surface area contributed by atoms with Crippen molar-refractivity contribution in [2.24, 2.45) is 11.3 Å². The lowest BCUT2D eigenvalue weighted by Gasteiger charge is -2.31. The zero-order valence-corrected chi connectivity index (χ0v) is 9.45. The molecular formula is C10H21ClO. The maximum Gasteiger partial charge on any atom is 0.0471 e. The van der Waals surface area contributed by atoms with Crippen molar-refractivity contribution in [2.45, 2.75) is 34.1 Å². The Kier molecular flexibility index (Phi) is 5.94. The highest BCUT2D eigenvalue weighted by Crippen LogP contribution is 2.32. The van der Waals surface area contributed by atoms with Crippen LogP contribution in [-0.2, 0) is 4.74 Å². The van der Waals surface area contributed by atoms with Gasteiger partial charge in [-0.15, -0.1) is 11.6 Å². The number of alkyl halides is 1. The predicted molar refractivity (Wildman–Crippen MR) is 54.8 cm³/mol. The van der Waals surface area contributed by atoms with Gasteiger partial charge in [0.1, 0.15) is 0 Å². The van der Waals surface area contributed by atoms with E-state index in [1.54, 1.807) is 0 Å². The SMILES string of the molecule is CCOCCC(C)(CCl)C(C)C. The standard InChI is InChI=1S/C10H21ClO/c1-5-12-7-6-10(4,8-11)9(2)3/h9H,5-8H2,1-4H3. The van der Waals surface area contributed by atoms with Crippen LogP contribution in [0.5, 0.6) is 0 Å². The molecule has 0 radical (unpaired) electrons. The van der Waals surface area contributed by atoms with Crippen molar-refractivity contribution >= 4 is 11.6 Å². The van der Waals surface area contributed by atoms with Gasteiger partial charge in [-0.2, -0.15) is 0 Å². The van der Waals surface area contributed by atoms with Crippen LogP contribution in [0.3, 0.4) is 0 Å². The summed E-state index contributed by atoms with van der Waals surface area (Å²) in [7, 11) is 0. The maximum atomic E-state index is 5.93. The summed E-state index contributed by atoms with van der Waals surface area (Å²) < 4.78 is 5.32. The predicted octanol–water partition coefficient (Wildman–Crippen LogP) is 3.31. The summed E-state index contributed by atoms with van der Waals surface area (Å²) in [5.74, 6) is 1.34. The van der Waals surface area contributed by atoms with Crippen molar-refractivity contribution in [1.82, 2.24) is 0 Å². The highest BCUT2D eigenvalue weighted by molar-refractivity contribution is 6.18. The van der Waals surface area contributed by atoms with Crippen molar-refractivity contribution in [3.63, 3.8) is 0 Å². The Morgan fingerprint density at radius 3 is 2.33 bits per heavy atom. The summed E-state index contributed by atoms with van der Waals surface area (Å²) in [6.07, 6.45) is 1.06. The Bertz CT molecular complexity index is 114. The molecule has 0 rings (SSSR count). The Labute approximate surface area is 81.4 Å². The minimum absolute atomic E-state index is 0.233. The third-order valence-corrected chi connectivity index (χ3v) is 3.33. The molecule has 0 amide bonds. The van der Waals surface area contributed by atoms with Crippen LogP contribution < -0.4 is 0 Å². The fourth-order valence-corrected chi connectivity index (χ4v) is 1.40. The van der Waals surface area contributed by atoms with E-state index in [2.05, 4.69) is 20.8 Å². The van der Waals surface area contributed by atoms with Crippen LogP contribution in [0.15, 0.2) is 0 Å². The number of hydrogen-bond acceptors (Lipinski definition) is 1. The highest BCUT2D eigenvalue weighted by atomic mass is 35.5. The van der Waals surface area contributed by atoms with E-state index in [1.165, 1.54) is 0 Å². The second-order valence-electron chi connectivity index (χ2n) is 3.89. The third-order valence-electron chi connectivity index (χ3n) is 2.72. The van der Waals surface area contributed by atoms with Gasteiger partial charge < -0.3 is 4.74 Å². The molecule has 0 aromatic rings. The van der Waals surface area contributed by atoms with Gasteiger partial charge in [-0.3, -0.25) is 0 Å². The summed E-state index contributed by atoms with van der Waals surface area (Å²) in [4.78, 5) is 0. The first-order valence-electron chi connectivity index (χ1n) is 4.70. The van der Waals surface area contributed by atoms with Crippen LogP contribution >= 0.6 is 11.6 Å². The lowest BCUT2D eigenvalue weighted by molar-refractivity contribution is 0.0978. The van der Waals surface area contributed by atoms with Crippen LogP contribution in [0.4, 0.5) is 0 Å². The Morgan fingerprint density at radius 2 is 2.00 bits per heavy atom. The monoisotopic (exact) mass is 192 g/mol. The van der Waals surface area contributed by atoms with E-state index in [-0.39, 0.29) is 5.41 Å². The average molecular weight is 193 g/mol. The van der Waals surface area contributed by atoms with Gasteiger partial charge in [0.15, 0.2) is 0 Å². The molecule has 0 aromatic heterocycles. The number of rotatable bonds is 6. The van der Waals surface area contributed by atoms with Gasteiger partial charge in [-0.05, 0) is 24.7 Å². The summed E-state index contributed by atoms with van der Waals surface area (Å²) in [5, 5.41) is 0. The van der Waals surface area contributed by atoms with E-state index in [0.29, 0.717) is 5.92 Å². The average Bonchev–Trinajstić information content (AvgIpc) is 2.04. The van der Waals surface area contributed by atoms with E-state index < -0.39 is 0 Å². The van der Waals surface area contributed by atoms with Gasteiger partial charge >= 0.3 is 0 Å². The molecule has 2 heteroatoms. The van der Waals surface area contributed by atoms with Gasteiger partial charge in [0.2, 0.25) is 0 Å². The molecule has 0 aliphatic rings. The Balaban J connectivity index is 3.80. The number of hydrogen-bond donors (Lipinski definition) is 0. The van der Waals surface area contributed by atoms with Gasteiger partial charge in [0, 0.05) is 19.1 Å². The van der Waals surface area contributed by atoms with Crippen molar-refractivity contribution in [3.05, 3.63) is 0 Å². The van der Waals surface area contributed by atoms with Crippen LogP contribution in [0.2, 0.25) is 0 Å². The first-order chi connectivity index (χ1) is 5.56. The third kappa shape index (κ3) is 3.77. The maximum absolute atomic E-state index is 5.93. The summed E-state index contributed by atoms with van der Waals surface area (Å²) >= 11 is 5.93. The molecule has 0 saturated heterocycles. The molecule has 0 spiro atoms. The van der Waals surface area contributed by atoms with E-state index in [0.717, 1.165) is 25.5 Å². The Hall–Kier alpha value is 0.250. The summed E-state index contributed by atoms with van der Waals surface area (Å²) in [6, 6.07) is 0. The fraction of sp³-hybridized carbons (Fsp3) is 1.00. The van der Waals surface area contributed by atoms with Crippen LogP contribution in [0.25, 0.3) is 0 Å². The van der Waals surface area contributed by atoms with Crippen LogP contribution in [0, 0.1) is 11.3 Å². The van der Waals surface area contributed by atoms with Gasteiger partial charge in [-0.1, -0.05) is 20.8 Å².